The molecule has 3 atom stereocenters. The Hall–Kier alpha value is -3.31. The Morgan fingerprint density at radius 3 is 2.67 bits per heavy atom. The van der Waals surface area contributed by atoms with Gasteiger partial charge in [0.15, 0.2) is 0 Å². The van der Waals surface area contributed by atoms with Crippen molar-refractivity contribution < 1.29 is 28.6 Å². The first kappa shape index (κ1) is 21.4. The van der Waals surface area contributed by atoms with Gasteiger partial charge in [0.25, 0.3) is 11.5 Å². The lowest BCUT2D eigenvalue weighted by Crippen LogP contribution is -2.38. The van der Waals surface area contributed by atoms with Crippen LogP contribution in [0.25, 0.3) is 0 Å². The highest BCUT2D eigenvalue weighted by atomic mass is 19.1. The monoisotopic (exact) mass is 421 g/mol. The normalized spacial score (nSPS) is 20.7. The second-order valence-corrected chi connectivity index (χ2v) is 6.71. The SMILES string of the molecule is CC(=O)O[C@@H]1C[C@H](n2cc(C(=O)NCc3ccc(F)cc3)c(=O)[nH]c2=O)OC1CO. The minimum absolute atomic E-state index is 0.0404. The Morgan fingerprint density at radius 2 is 2.03 bits per heavy atom. The molecular formula is C19H20FN3O7. The second kappa shape index (κ2) is 9.01. The minimum Gasteiger partial charge on any atom is -0.460 e. The number of amides is 1. The van der Waals surface area contributed by atoms with Crippen LogP contribution in [0.2, 0.25) is 0 Å². The van der Waals surface area contributed by atoms with Gasteiger partial charge in [-0.25, -0.2) is 9.18 Å². The number of benzene rings is 1. The number of hydrogen-bond donors (Lipinski definition) is 3. The summed E-state index contributed by atoms with van der Waals surface area (Å²) in [5.74, 6) is -1.74. The number of aromatic nitrogens is 2. The standard InChI is InChI=1S/C19H20FN3O7/c1-10(25)29-14-6-16(30-15(14)9-24)23-8-13(18(27)22-19(23)28)17(26)21-7-11-2-4-12(20)5-3-11/h2-5,8,14-16,24H,6-7,9H2,1H3,(H,21,26)(H,22,27,28)/t14-,15?,16-/m1/s1. The van der Waals surface area contributed by atoms with E-state index in [1.54, 1.807) is 0 Å². The number of halogens is 1. The predicted octanol–water partition coefficient (Wildman–Crippen LogP) is -0.183. The van der Waals surface area contributed by atoms with Gasteiger partial charge in [0.05, 0.1) is 6.61 Å². The second-order valence-electron chi connectivity index (χ2n) is 6.71. The molecule has 2 heterocycles. The molecule has 1 unspecified atom stereocenters. The molecule has 11 heteroatoms. The first-order valence-corrected chi connectivity index (χ1v) is 9.10. The Labute approximate surface area is 169 Å². The lowest BCUT2D eigenvalue weighted by atomic mass is 10.2. The molecule has 2 aromatic rings. The van der Waals surface area contributed by atoms with E-state index in [1.165, 1.54) is 31.2 Å². The Kier molecular flexibility index (Phi) is 6.43. The lowest BCUT2D eigenvalue weighted by molar-refractivity contribution is -0.150. The molecule has 1 saturated heterocycles. The van der Waals surface area contributed by atoms with Crippen molar-refractivity contribution in [2.75, 3.05) is 6.61 Å². The third kappa shape index (κ3) is 4.81. The quantitative estimate of drug-likeness (QED) is 0.550. The number of carbonyl (C=O) groups is 2. The number of H-pyrrole nitrogens is 1. The van der Waals surface area contributed by atoms with Crippen molar-refractivity contribution in [3.63, 3.8) is 0 Å². The van der Waals surface area contributed by atoms with Crippen LogP contribution in [0, 0.1) is 5.82 Å². The van der Waals surface area contributed by atoms with E-state index < -0.39 is 54.0 Å². The molecule has 1 aromatic carbocycles. The maximum Gasteiger partial charge on any atom is 0.330 e. The van der Waals surface area contributed by atoms with Crippen molar-refractivity contribution >= 4 is 11.9 Å². The summed E-state index contributed by atoms with van der Waals surface area (Å²) in [5, 5.41) is 11.9. The van der Waals surface area contributed by atoms with Gasteiger partial charge < -0.3 is 19.9 Å². The Balaban J connectivity index is 1.79. The smallest absolute Gasteiger partial charge is 0.330 e. The maximum absolute atomic E-state index is 13.0. The third-order valence-electron chi connectivity index (χ3n) is 4.57. The average Bonchev–Trinajstić information content (AvgIpc) is 3.09. The van der Waals surface area contributed by atoms with Gasteiger partial charge in [-0.3, -0.25) is 23.9 Å². The third-order valence-corrected chi connectivity index (χ3v) is 4.57. The van der Waals surface area contributed by atoms with E-state index >= 15 is 0 Å². The van der Waals surface area contributed by atoms with Gasteiger partial charge in [0.1, 0.15) is 29.8 Å². The number of ether oxygens (including phenoxy) is 2. The number of nitrogens with one attached hydrogen (secondary N) is 2. The fraction of sp³-hybridized carbons (Fsp3) is 0.368. The molecule has 1 aliphatic rings. The van der Waals surface area contributed by atoms with Crippen LogP contribution in [0.4, 0.5) is 4.39 Å². The van der Waals surface area contributed by atoms with E-state index in [-0.39, 0.29) is 18.5 Å². The van der Waals surface area contributed by atoms with Crippen molar-refractivity contribution in [3.05, 3.63) is 68.2 Å². The molecule has 10 nitrogen and oxygen atoms in total. The highest BCUT2D eigenvalue weighted by molar-refractivity contribution is 5.93. The van der Waals surface area contributed by atoms with E-state index in [2.05, 4.69) is 10.3 Å². The Bertz CT molecular complexity index is 1050. The number of carbonyl (C=O) groups excluding carboxylic acids is 2. The van der Waals surface area contributed by atoms with Crippen LogP contribution in [-0.2, 0) is 20.8 Å². The largest absolute Gasteiger partial charge is 0.460 e. The lowest BCUT2D eigenvalue weighted by Gasteiger charge is -2.15. The van der Waals surface area contributed by atoms with Gasteiger partial charge in [-0.1, -0.05) is 12.1 Å². The Morgan fingerprint density at radius 1 is 1.33 bits per heavy atom. The van der Waals surface area contributed by atoms with Gasteiger partial charge in [0, 0.05) is 26.1 Å². The van der Waals surface area contributed by atoms with E-state index in [0.717, 1.165) is 10.8 Å². The first-order chi connectivity index (χ1) is 14.3. The molecule has 1 amide bonds. The van der Waals surface area contributed by atoms with Crippen molar-refractivity contribution in [1.82, 2.24) is 14.9 Å². The van der Waals surface area contributed by atoms with Crippen LogP contribution in [0.1, 0.15) is 35.5 Å². The molecule has 0 radical (unpaired) electrons. The fourth-order valence-electron chi connectivity index (χ4n) is 3.11. The van der Waals surface area contributed by atoms with Crippen LogP contribution >= 0.6 is 0 Å². The van der Waals surface area contributed by atoms with Gasteiger partial charge in [-0.05, 0) is 17.7 Å². The fourth-order valence-corrected chi connectivity index (χ4v) is 3.11. The highest BCUT2D eigenvalue weighted by Crippen LogP contribution is 2.29. The number of aliphatic hydroxyl groups is 1. The summed E-state index contributed by atoms with van der Waals surface area (Å²) in [4.78, 5) is 50.0. The van der Waals surface area contributed by atoms with Crippen molar-refractivity contribution in [3.8, 4) is 0 Å². The molecule has 30 heavy (non-hydrogen) atoms. The summed E-state index contributed by atoms with van der Waals surface area (Å²) in [5.41, 5.74) is -1.43. The average molecular weight is 421 g/mol. The van der Waals surface area contributed by atoms with Gasteiger partial charge >= 0.3 is 11.7 Å². The maximum atomic E-state index is 13.0. The van der Waals surface area contributed by atoms with Crippen LogP contribution < -0.4 is 16.6 Å². The number of hydrogen-bond acceptors (Lipinski definition) is 7. The summed E-state index contributed by atoms with van der Waals surface area (Å²) >= 11 is 0. The molecule has 0 spiro atoms. The summed E-state index contributed by atoms with van der Waals surface area (Å²) < 4.78 is 24.6. The molecule has 1 fully saturated rings. The van der Waals surface area contributed by atoms with Crippen LogP contribution in [0.5, 0.6) is 0 Å². The van der Waals surface area contributed by atoms with Gasteiger partial charge in [0.2, 0.25) is 0 Å². The molecule has 0 aliphatic carbocycles. The van der Waals surface area contributed by atoms with E-state index in [1.807, 2.05) is 0 Å². The number of nitrogens with zero attached hydrogens (tertiary/aromatic N) is 1. The number of esters is 1. The zero-order chi connectivity index (χ0) is 21.8. The number of aliphatic hydroxyl groups excluding tert-OH is 1. The summed E-state index contributed by atoms with van der Waals surface area (Å²) in [6.07, 6.45) is -1.50. The number of aromatic amines is 1. The minimum atomic E-state index is -0.959. The first-order valence-electron chi connectivity index (χ1n) is 9.10. The summed E-state index contributed by atoms with van der Waals surface area (Å²) in [7, 11) is 0. The van der Waals surface area contributed by atoms with Crippen molar-refractivity contribution in [2.24, 2.45) is 0 Å². The zero-order valence-corrected chi connectivity index (χ0v) is 16.0. The molecule has 3 rings (SSSR count). The topological polar surface area (TPSA) is 140 Å². The molecule has 3 N–H and O–H groups in total. The van der Waals surface area contributed by atoms with E-state index in [0.29, 0.717) is 5.56 Å². The van der Waals surface area contributed by atoms with Crippen LogP contribution in [0.15, 0.2) is 40.1 Å². The summed E-state index contributed by atoms with van der Waals surface area (Å²) in [6.45, 7) is 0.799. The molecular weight excluding hydrogens is 401 g/mol. The van der Waals surface area contributed by atoms with Crippen LogP contribution in [0.3, 0.4) is 0 Å². The molecule has 1 aliphatic heterocycles. The van der Waals surface area contributed by atoms with Crippen molar-refractivity contribution in [1.29, 1.82) is 0 Å². The van der Waals surface area contributed by atoms with Gasteiger partial charge in [-0.15, -0.1) is 0 Å². The van der Waals surface area contributed by atoms with Crippen LogP contribution in [-0.4, -0.2) is 45.3 Å². The highest BCUT2D eigenvalue weighted by Gasteiger charge is 2.38. The molecule has 1 aromatic heterocycles. The number of rotatable bonds is 6. The van der Waals surface area contributed by atoms with Crippen molar-refractivity contribution in [2.45, 2.75) is 38.3 Å². The van der Waals surface area contributed by atoms with Gasteiger partial charge in [-0.2, -0.15) is 0 Å². The van der Waals surface area contributed by atoms with E-state index in [9.17, 15) is 28.7 Å². The summed E-state index contributed by atoms with van der Waals surface area (Å²) in [6, 6.07) is 5.45. The van der Waals surface area contributed by atoms with E-state index in [4.69, 9.17) is 9.47 Å². The molecule has 160 valence electrons. The molecule has 0 bridgehead atoms. The predicted molar refractivity (Wildman–Crippen MR) is 100 cm³/mol. The zero-order valence-electron chi connectivity index (χ0n) is 16.0. The molecule has 0 saturated carbocycles.